The zero-order valence-corrected chi connectivity index (χ0v) is 14.5. The standard InChI is InChI=1S/C19H30N2O/c1-15-8-9-16(14-17(15)19(2,3)4)6-5-7-18(22)21-12-10-20-11-13-21/h8-9,14,20H,5-7,10-13H2,1-4H3. The quantitative estimate of drug-likeness (QED) is 0.927. The van der Waals surface area contributed by atoms with Crippen molar-refractivity contribution in [3.8, 4) is 0 Å². The number of nitrogens with zero attached hydrogens (tertiary/aromatic N) is 1. The molecule has 0 aliphatic carbocycles. The highest BCUT2D eigenvalue weighted by molar-refractivity contribution is 5.76. The third kappa shape index (κ3) is 4.57. The fraction of sp³-hybridized carbons (Fsp3) is 0.632. The zero-order chi connectivity index (χ0) is 16.2. The van der Waals surface area contributed by atoms with Crippen LogP contribution in [0.2, 0.25) is 0 Å². The lowest BCUT2D eigenvalue weighted by Crippen LogP contribution is -2.46. The maximum Gasteiger partial charge on any atom is 0.222 e. The number of aryl methyl sites for hydroxylation is 2. The van der Waals surface area contributed by atoms with Crippen LogP contribution in [-0.4, -0.2) is 37.0 Å². The van der Waals surface area contributed by atoms with Gasteiger partial charge in [-0.15, -0.1) is 0 Å². The summed E-state index contributed by atoms with van der Waals surface area (Å²) < 4.78 is 0. The van der Waals surface area contributed by atoms with Gasteiger partial charge in [-0.2, -0.15) is 0 Å². The molecule has 0 bridgehead atoms. The van der Waals surface area contributed by atoms with Crippen LogP contribution in [0.4, 0.5) is 0 Å². The van der Waals surface area contributed by atoms with Gasteiger partial charge in [0.15, 0.2) is 0 Å². The van der Waals surface area contributed by atoms with Crippen molar-refractivity contribution in [2.75, 3.05) is 26.2 Å². The van der Waals surface area contributed by atoms with Gasteiger partial charge in [-0.25, -0.2) is 0 Å². The van der Waals surface area contributed by atoms with Gasteiger partial charge < -0.3 is 10.2 Å². The molecule has 0 spiro atoms. The summed E-state index contributed by atoms with van der Waals surface area (Å²) in [5.41, 5.74) is 4.30. The first kappa shape index (κ1) is 17.0. The largest absolute Gasteiger partial charge is 0.340 e. The maximum absolute atomic E-state index is 12.2. The van der Waals surface area contributed by atoms with Crippen molar-refractivity contribution in [3.05, 3.63) is 34.9 Å². The van der Waals surface area contributed by atoms with E-state index in [1.807, 2.05) is 4.90 Å². The number of hydrogen-bond donors (Lipinski definition) is 1. The van der Waals surface area contributed by atoms with Crippen LogP contribution in [0.15, 0.2) is 18.2 Å². The summed E-state index contributed by atoms with van der Waals surface area (Å²) in [5.74, 6) is 0.310. The molecule has 122 valence electrons. The Morgan fingerprint density at radius 2 is 1.91 bits per heavy atom. The van der Waals surface area contributed by atoms with Crippen molar-refractivity contribution >= 4 is 5.91 Å². The smallest absolute Gasteiger partial charge is 0.222 e. The van der Waals surface area contributed by atoms with Crippen LogP contribution in [0.1, 0.15) is 50.3 Å². The van der Waals surface area contributed by atoms with Crippen LogP contribution in [0.5, 0.6) is 0 Å². The third-order valence-corrected chi connectivity index (χ3v) is 4.44. The Kier molecular flexibility index (Phi) is 5.63. The minimum Gasteiger partial charge on any atom is -0.340 e. The number of benzene rings is 1. The maximum atomic E-state index is 12.2. The van der Waals surface area contributed by atoms with E-state index in [0.717, 1.165) is 39.0 Å². The number of nitrogens with one attached hydrogen (secondary N) is 1. The van der Waals surface area contributed by atoms with Gasteiger partial charge in [0.05, 0.1) is 0 Å². The number of rotatable bonds is 4. The van der Waals surface area contributed by atoms with Gasteiger partial charge in [0.25, 0.3) is 0 Å². The van der Waals surface area contributed by atoms with E-state index < -0.39 is 0 Å². The minimum atomic E-state index is 0.177. The van der Waals surface area contributed by atoms with Gasteiger partial charge in [-0.1, -0.05) is 39.0 Å². The fourth-order valence-electron chi connectivity index (χ4n) is 3.15. The topological polar surface area (TPSA) is 32.3 Å². The first-order chi connectivity index (χ1) is 10.4. The molecule has 2 rings (SSSR count). The first-order valence-corrected chi connectivity index (χ1v) is 8.46. The minimum absolute atomic E-state index is 0.177. The summed E-state index contributed by atoms with van der Waals surface area (Å²) in [5, 5.41) is 3.28. The van der Waals surface area contributed by atoms with Crippen LogP contribution in [0.25, 0.3) is 0 Å². The molecule has 1 fully saturated rings. The number of carbonyl (C=O) groups is 1. The average molecular weight is 302 g/mol. The van der Waals surface area contributed by atoms with E-state index in [1.165, 1.54) is 16.7 Å². The Balaban J connectivity index is 1.88. The molecule has 0 unspecified atom stereocenters. The van der Waals surface area contributed by atoms with Crippen LogP contribution in [-0.2, 0) is 16.6 Å². The molecular formula is C19H30N2O. The van der Waals surface area contributed by atoms with Crippen molar-refractivity contribution < 1.29 is 4.79 Å². The molecule has 1 saturated heterocycles. The molecule has 1 aromatic carbocycles. The summed E-state index contributed by atoms with van der Waals surface area (Å²) in [6.45, 7) is 12.5. The molecule has 0 aromatic heterocycles. The Morgan fingerprint density at radius 3 is 2.55 bits per heavy atom. The van der Waals surface area contributed by atoms with Crippen molar-refractivity contribution in [1.82, 2.24) is 10.2 Å². The number of amides is 1. The van der Waals surface area contributed by atoms with Gasteiger partial charge in [-0.3, -0.25) is 4.79 Å². The number of hydrogen-bond acceptors (Lipinski definition) is 2. The predicted octanol–water partition coefficient (Wildman–Crippen LogP) is 3.05. The predicted molar refractivity (Wildman–Crippen MR) is 92.3 cm³/mol. The molecule has 1 aromatic rings. The normalized spacial score (nSPS) is 15.9. The van der Waals surface area contributed by atoms with Crippen LogP contribution in [0.3, 0.4) is 0 Å². The van der Waals surface area contributed by atoms with Gasteiger partial charge in [-0.05, 0) is 41.9 Å². The highest BCUT2D eigenvalue weighted by atomic mass is 16.2. The molecule has 1 N–H and O–H groups in total. The van der Waals surface area contributed by atoms with E-state index in [9.17, 15) is 4.79 Å². The first-order valence-electron chi connectivity index (χ1n) is 8.46. The van der Waals surface area contributed by atoms with Crippen LogP contribution < -0.4 is 5.32 Å². The summed E-state index contributed by atoms with van der Waals surface area (Å²) in [6.07, 6.45) is 2.59. The van der Waals surface area contributed by atoms with Gasteiger partial charge >= 0.3 is 0 Å². The van der Waals surface area contributed by atoms with E-state index in [1.54, 1.807) is 0 Å². The Morgan fingerprint density at radius 1 is 1.23 bits per heavy atom. The summed E-state index contributed by atoms with van der Waals surface area (Å²) in [4.78, 5) is 14.2. The van der Waals surface area contributed by atoms with E-state index in [0.29, 0.717) is 12.3 Å². The monoisotopic (exact) mass is 302 g/mol. The average Bonchev–Trinajstić information content (AvgIpc) is 2.48. The molecule has 3 nitrogen and oxygen atoms in total. The van der Waals surface area contributed by atoms with Crippen molar-refractivity contribution in [2.45, 2.75) is 52.4 Å². The Hall–Kier alpha value is -1.35. The van der Waals surface area contributed by atoms with Crippen molar-refractivity contribution in [2.24, 2.45) is 0 Å². The summed E-state index contributed by atoms with van der Waals surface area (Å²) in [7, 11) is 0. The van der Waals surface area contributed by atoms with E-state index in [2.05, 4.69) is 51.2 Å². The van der Waals surface area contributed by atoms with E-state index >= 15 is 0 Å². The molecular weight excluding hydrogens is 272 g/mol. The van der Waals surface area contributed by atoms with Crippen LogP contribution >= 0.6 is 0 Å². The zero-order valence-electron chi connectivity index (χ0n) is 14.5. The number of carbonyl (C=O) groups excluding carboxylic acids is 1. The third-order valence-electron chi connectivity index (χ3n) is 4.44. The van der Waals surface area contributed by atoms with Gasteiger partial charge in [0.1, 0.15) is 0 Å². The fourth-order valence-corrected chi connectivity index (χ4v) is 3.15. The molecule has 0 saturated carbocycles. The number of piperazine rings is 1. The van der Waals surface area contributed by atoms with E-state index in [-0.39, 0.29) is 5.41 Å². The van der Waals surface area contributed by atoms with Crippen LogP contribution in [0, 0.1) is 6.92 Å². The Labute approximate surface area is 135 Å². The SMILES string of the molecule is Cc1ccc(CCCC(=O)N2CCNCC2)cc1C(C)(C)C. The molecule has 3 heteroatoms. The molecule has 0 radical (unpaired) electrons. The molecule has 1 amide bonds. The molecule has 1 aliphatic heterocycles. The molecule has 22 heavy (non-hydrogen) atoms. The second-order valence-corrected chi connectivity index (χ2v) is 7.38. The highest BCUT2D eigenvalue weighted by Gasteiger charge is 2.17. The lowest BCUT2D eigenvalue weighted by molar-refractivity contribution is -0.131. The highest BCUT2D eigenvalue weighted by Crippen LogP contribution is 2.27. The summed E-state index contributed by atoms with van der Waals surface area (Å²) in [6, 6.07) is 6.75. The second-order valence-electron chi connectivity index (χ2n) is 7.38. The lowest BCUT2D eigenvalue weighted by atomic mass is 9.83. The molecule has 1 aliphatic rings. The lowest BCUT2D eigenvalue weighted by Gasteiger charge is -2.27. The summed E-state index contributed by atoms with van der Waals surface area (Å²) >= 11 is 0. The van der Waals surface area contributed by atoms with E-state index in [4.69, 9.17) is 0 Å². The van der Waals surface area contributed by atoms with Crippen molar-refractivity contribution in [3.63, 3.8) is 0 Å². The van der Waals surface area contributed by atoms with Gasteiger partial charge in [0, 0.05) is 32.6 Å². The van der Waals surface area contributed by atoms with Gasteiger partial charge in [0.2, 0.25) is 5.91 Å². The van der Waals surface area contributed by atoms with Crippen molar-refractivity contribution in [1.29, 1.82) is 0 Å². The Bertz CT molecular complexity index is 511. The molecule has 1 heterocycles. The second kappa shape index (κ2) is 7.28. The molecule has 0 atom stereocenters.